The van der Waals surface area contributed by atoms with Crippen LogP contribution in [0.2, 0.25) is 5.04 Å². The van der Waals surface area contributed by atoms with Crippen molar-refractivity contribution >= 4 is 45.3 Å². The van der Waals surface area contributed by atoms with Crippen molar-refractivity contribution in [1.29, 1.82) is 0 Å². The first-order valence-corrected chi connectivity index (χ1v) is 16.3. The van der Waals surface area contributed by atoms with Gasteiger partial charge in [-0.25, -0.2) is 0 Å². The average Bonchev–Trinajstić information content (AvgIpc) is 2.94. The standard InChI is InChI=1S/C31H30F3NO5SSi/c1-30(2,3)42(24-12-7-5-8-13-24,25-14-9-6-10-15-25)28-26(35-29(36)22-18-20-23(39-4)21-19-22)16-11-17-27(28)40-41(37,38)31(32,33)34/h5-21H,1-4H3,(H,35,36). The highest BCUT2D eigenvalue weighted by molar-refractivity contribution is 7.88. The predicted octanol–water partition coefficient (Wildman–Crippen LogP) is 5.45. The summed E-state index contributed by atoms with van der Waals surface area (Å²) in [5.74, 6) is -0.519. The lowest BCUT2D eigenvalue weighted by Gasteiger charge is -2.45. The summed E-state index contributed by atoms with van der Waals surface area (Å²) in [5.41, 5.74) is -5.27. The summed E-state index contributed by atoms with van der Waals surface area (Å²) in [4.78, 5) is 13.5. The molecule has 42 heavy (non-hydrogen) atoms. The molecule has 0 aliphatic carbocycles. The smallest absolute Gasteiger partial charge is 0.497 e. The normalized spacial score (nSPS) is 12.5. The molecule has 11 heteroatoms. The number of carbonyl (C=O) groups excluding carboxylic acids is 1. The van der Waals surface area contributed by atoms with Gasteiger partial charge in [-0.2, -0.15) is 21.6 Å². The van der Waals surface area contributed by atoms with Crippen molar-refractivity contribution in [2.24, 2.45) is 0 Å². The number of ether oxygens (including phenoxy) is 1. The third-order valence-electron chi connectivity index (χ3n) is 7.02. The molecule has 4 aromatic carbocycles. The number of alkyl halides is 3. The van der Waals surface area contributed by atoms with Crippen molar-refractivity contribution in [2.75, 3.05) is 12.4 Å². The van der Waals surface area contributed by atoms with Gasteiger partial charge in [-0.15, -0.1) is 0 Å². The second-order valence-electron chi connectivity index (χ2n) is 10.6. The molecule has 4 aromatic rings. The van der Waals surface area contributed by atoms with Gasteiger partial charge < -0.3 is 14.2 Å². The van der Waals surface area contributed by atoms with Crippen LogP contribution in [0.4, 0.5) is 18.9 Å². The molecule has 220 valence electrons. The molecule has 0 radical (unpaired) electrons. The Hall–Kier alpha value is -4.09. The van der Waals surface area contributed by atoms with Crippen molar-refractivity contribution in [3.8, 4) is 11.5 Å². The summed E-state index contributed by atoms with van der Waals surface area (Å²) in [7, 11) is -8.11. The maximum Gasteiger partial charge on any atom is 0.534 e. The van der Waals surface area contributed by atoms with Crippen molar-refractivity contribution in [2.45, 2.75) is 31.3 Å². The fourth-order valence-electron chi connectivity index (χ4n) is 5.27. The first kappa shape index (κ1) is 30.9. The molecule has 0 atom stereocenters. The maximum atomic E-state index is 13.6. The van der Waals surface area contributed by atoms with Gasteiger partial charge in [0.2, 0.25) is 0 Å². The molecular weight excluding hydrogens is 583 g/mol. The number of rotatable bonds is 8. The van der Waals surface area contributed by atoms with Crippen LogP contribution in [-0.4, -0.2) is 35.0 Å². The van der Waals surface area contributed by atoms with Gasteiger partial charge in [-0.1, -0.05) is 87.5 Å². The molecule has 0 aromatic heterocycles. The number of hydrogen-bond acceptors (Lipinski definition) is 5. The zero-order valence-electron chi connectivity index (χ0n) is 23.4. The zero-order valence-corrected chi connectivity index (χ0v) is 25.2. The quantitative estimate of drug-likeness (QED) is 0.124. The van der Waals surface area contributed by atoms with E-state index in [-0.39, 0.29) is 16.4 Å². The number of nitrogens with one attached hydrogen (secondary N) is 1. The van der Waals surface area contributed by atoms with E-state index in [0.29, 0.717) is 5.75 Å². The Morgan fingerprint density at radius 1 is 0.762 bits per heavy atom. The van der Waals surface area contributed by atoms with Crippen LogP contribution >= 0.6 is 0 Å². The molecule has 0 heterocycles. The van der Waals surface area contributed by atoms with Crippen LogP contribution < -0.4 is 29.8 Å². The maximum absolute atomic E-state index is 13.6. The summed E-state index contributed by atoms with van der Waals surface area (Å²) < 4.78 is 75.8. The summed E-state index contributed by atoms with van der Waals surface area (Å²) >= 11 is 0. The average molecular weight is 614 g/mol. The highest BCUT2D eigenvalue weighted by atomic mass is 32.2. The molecule has 0 aliphatic heterocycles. The van der Waals surface area contributed by atoms with E-state index in [9.17, 15) is 26.4 Å². The van der Waals surface area contributed by atoms with Gasteiger partial charge in [0.05, 0.1) is 7.11 Å². The summed E-state index contributed by atoms with van der Waals surface area (Å²) in [6, 6.07) is 28.8. The largest absolute Gasteiger partial charge is 0.534 e. The Kier molecular flexibility index (Phi) is 8.56. The van der Waals surface area contributed by atoms with E-state index in [1.807, 2.05) is 81.4 Å². The minimum atomic E-state index is -6.05. The first-order valence-electron chi connectivity index (χ1n) is 12.9. The summed E-state index contributed by atoms with van der Waals surface area (Å²) in [5, 5.41) is 3.91. The Morgan fingerprint density at radius 3 is 1.74 bits per heavy atom. The third-order valence-corrected chi connectivity index (χ3v) is 13.9. The van der Waals surface area contributed by atoms with E-state index >= 15 is 0 Å². The molecule has 0 bridgehead atoms. The topological polar surface area (TPSA) is 81.7 Å². The van der Waals surface area contributed by atoms with Gasteiger partial charge in [0.15, 0.2) is 8.07 Å². The first-order chi connectivity index (χ1) is 19.7. The van der Waals surface area contributed by atoms with Crippen molar-refractivity contribution in [1.82, 2.24) is 0 Å². The second kappa shape index (κ2) is 11.7. The monoisotopic (exact) mass is 613 g/mol. The lowest BCUT2D eigenvalue weighted by molar-refractivity contribution is -0.0499. The molecule has 0 saturated carbocycles. The lowest BCUT2D eigenvalue weighted by Crippen LogP contribution is -2.72. The lowest BCUT2D eigenvalue weighted by atomic mass is 10.2. The highest BCUT2D eigenvalue weighted by Crippen LogP contribution is 2.40. The van der Waals surface area contributed by atoms with Gasteiger partial charge in [0.1, 0.15) is 11.5 Å². The van der Waals surface area contributed by atoms with Gasteiger partial charge in [0.25, 0.3) is 5.91 Å². The number of methoxy groups -OCH3 is 1. The predicted molar refractivity (Wildman–Crippen MR) is 160 cm³/mol. The van der Waals surface area contributed by atoms with Gasteiger partial charge in [0, 0.05) is 16.4 Å². The molecule has 0 fully saturated rings. The molecule has 1 N–H and O–H groups in total. The minimum Gasteiger partial charge on any atom is -0.497 e. The second-order valence-corrected chi connectivity index (χ2v) is 16.8. The van der Waals surface area contributed by atoms with E-state index < -0.39 is 40.4 Å². The highest BCUT2D eigenvalue weighted by Gasteiger charge is 2.54. The van der Waals surface area contributed by atoms with Crippen LogP contribution in [0, 0.1) is 0 Å². The molecule has 1 amide bonds. The van der Waals surface area contributed by atoms with Gasteiger partial charge in [-0.05, 0) is 51.8 Å². The third kappa shape index (κ3) is 5.79. The number of anilines is 1. The number of carbonyl (C=O) groups is 1. The van der Waals surface area contributed by atoms with Crippen LogP contribution in [0.5, 0.6) is 11.5 Å². The Balaban J connectivity index is 2.09. The SMILES string of the molecule is COc1ccc(C(=O)Nc2cccc(OS(=O)(=O)C(F)(F)F)c2[Si](c2ccccc2)(c2ccccc2)C(C)(C)C)cc1. The van der Waals surface area contributed by atoms with Crippen molar-refractivity contribution in [3.05, 3.63) is 109 Å². The van der Waals surface area contributed by atoms with E-state index in [2.05, 4.69) is 5.32 Å². The van der Waals surface area contributed by atoms with Crippen LogP contribution in [-0.2, 0) is 10.1 Å². The molecule has 0 saturated heterocycles. The van der Waals surface area contributed by atoms with Crippen LogP contribution in [0.25, 0.3) is 0 Å². The molecule has 4 rings (SSSR count). The van der Waals surface area contributed by atoms with E-state index in [1.165, 1.54) is 19.2 Å². The van der Waals surface area contributed by atoms with Crippen LogP contribution in [0.3, 0.4) is 0 Å². The summed E-state index contributed by atoms with van der Waals surface area (Å²) in [6.45, 7) is 5.84. The minimum absolute atomic E-state index is 0.139. The number of benzene rings is 4. The van der Waals surface area contributed by atoms with E-state index in [4.69, 9.17) is 8.92 Å². The number of amides is 1. The Labute approximate surface area is 244 Å². The molecule has 0 aliphatic rings. The molecule has 0 spiro atoms. The van der Waals surface area contributed by atoms with Gasteiger partial charge >= 0.3 is 15.6 Å². The molecular formula is C31H30F3NO5SSi. The molecule has 0 unspecified atom stereocenters. The number of hydrogen-bond donors (Lipinski definition) is 1. The van der Waals surface area contributed by atoms with Crippen LogP contribution in [0.15, 0.2) is 103 Å². The summed E-state index contributed by atoms with van der Waals surface area (Å²) in [6.07, 6.45) is 0. The van der Waals surface area contributed by atoms with E-state index in [1.54, 1.807) is 30.3 Å². The van der Waals surface area contributed by atoms with E-state index in [0.717, 1.165) is 10.4 Å². The molecule has 6 nitrogen and oxygen atoms in total. The van der Waals surface area contributed by atoms with Crippen molar-refractivity contribution < 1.29 is 35.3 Å². The fraction of sp³-hybridized carbons (Fsp3) is 0.194. The Morgan fingerprint density at radius 2 is 1.29 bits per heavy atom. The Bertz CT molecular complexity index is 1620. The van der Waals surface area contributed by atoms with Crippen molar-refractivity contribution in [3.63, 3.8) is 0 Å². The zero-order chi connectivity index (χ0) is 30.8. The van der Waals surface area contributed by atoms with Gasteiger partial charge in [-0.3, -0.25) is 4.79 Å². The fourth-order valence-corrected chi connectivity index (χ4v) is 11.6. The van der Waals surface area contributed by atoms with Crippen LogP contribution in [0.1, 0.15) is 31.1 Å². The number of halogens is 3.